The summed E-state index contributed by atoms with van der Waals surface area (Å²) in [5, 5.41) is 13.9. The maximum Gasteiger partial charge on any atom is 0.326 e. The van der Waals surface area contributed by atoms with Crippen LogP contribution >= 0.6 is 31.9 Å². The quantitative estimate of drug-likeness (QED) is 0.654. The van der Waals surface area contributed by atoms with E-state index in [1.165, 1.54) is 6.08 Å². The van der Waals surface area contributed by atoms with Crippen LogP contribution in [-0.4, -0.2) is 23.1 Å². The van der Waals surface area contributed by atoms with E-state index in [1.807, 2.05) is 19.1 Å². The average Bonchev–Trinajstić information content (AvgIpc) is 2.33. The summed E-state index contributed by atoms with van der Waals surface area (Å²) in [4.78, 5) is 22.8. The number of urea groups is 1. The molecule has 0 spiro atoms. The monoisotopic (exact) mass is 404 g/mol. The smallest absolute Gasteiger partial charge is 0.326 e. The highest BCUT2D eigenvalue weighted by atomic mass is 79.9. The van der Waals surface area contributed by atoms with Crippen LogP contribution in [0, 0.1) is 6.92 Å². The van der Waals surface area contributed by atoms with Crippen LogP contribution in [0.1, 0.15) is 12.0 Å². The second-order valence-corrected chi connectivity index (χ2v) is 5.83. The van der Waals surface area contributed by atoms with Crippen LogP contribution in [0.5, 0.6) is 0 Å². The number of nitrogens with one attached hydrogen (secondary N) is 2. The molecule has 0 aliphatic rings. The van der Waals surface area contributed by atoms with E-state index in [0.717, 1.165) is 5.56 Å². The van der Waals surface area contributed by atoms with E-state index in [1.54, 1.807) is 0 Å². The normalized spacial score (nSPS) is 11.6. The van der Waals surface area contributed by atoms with E-state index in [-0.39, 0.29) is 6.42 Å². The number of aryl methyl sites for hydroxylation is 1. The van der Waals surface area contributed by atoms with E-state index in [9.17, 15) is 9.59 Å². The zero-order chi connectivity index (χ0) is 15.3. The van der Waals surface area contributed by atoms with Crippen LogP contribution < -0.4 is 10.6 Å². The summed E-state index contributed by atoms with van der Waals surface area (Å²) in [5.74, 6) is -1.11. The number of anilines is 1. The van der Waals surface area contributed by atoms with E-state index in [0.29, 0.717) is 14.6 Å². The fourth-order valence-electron chi connectivity index (χ4n) is 1.52. The number of rotatable bonds is 5. The molecule has 0 fully saturated rings. The summed E-state index contributed by atoms with van der Waals surface area (Å²) in [6, 6.07) is 2.09. The van der Waals surface area contributed by atoms with Gasteiger partial charge in [0.2, 0.25) is 0 Å². The molecule has 7 heteroatoms. The molecular weight excluding hydrogens is 392 g/mol. The Morgan fingerprint density at radius 3 is 2.40 bits per heavy atom. The van der Waals surface area contributed by atoms with Gasteiger partial charge in [0.25, 0.3) is 0 Å². The van der Waals surface area contributed by atoms with Crippen molar-refractivity contribution in [2.24, 2.45) is 0 Å². The number of carboxylic acid groups (broad SMARTS) is 1. The highest BCUT2D eigenvalue weighted by Crippen LogP contribution is 2.32. The van der Waals surface area contributed by atoms with Crippen molar-refractivity contribution in [2.45, 2.75) is 19.4 Å². The van der Waals surface area contributed by atoms with Crippen molar-refractivity contribution < 1.29 is 14.7 Å². The second-order valence-electron chi connectivity index (χ2n) is 4.12. The predicted molar refractivity (Wildman–Crippen MR) is 85.0 cm³/mol. The molecule has 0 aromatic heterocycles. The molecule has 1 aromatic rings. The third-order valence-electron chi connectivity index (χ3n) is 2.43. The van der Waals surface area contributed by atoms with Gasteiger partial charge in [-0.15, -0.1) is 6.58 Å². The summed E-state index contributed by atoms with van der Waals surface area (Å²) in [6.07, 6.45) is 1.59. The molecule has 0 saturated carbocycles. The van der Waals surface area contributed by atoms with Gasteiger partial charge in [-0.05, 0) is 62.9 Å². The molecule has 0 bridgehead atoms. The molecule has 0 aliphatic carbocycles. The minimum absolute atomic E-state index is 0.152. The number of amides is 2. The number of carboxylic acids is 1. The first-order chi connectivity index (χ1) is 9.35. The first-order valence-corrected chi connectivity index (χ1v) is 7.30. The maximum atomic E-state index is 11.8. The second kappa shape index (κ2) is 7.44. The van der Waals surface area contributed by atoms with E-state index >= 15 is 0 Å². The van der Waals surface area contributed by atoms with E-state index in [4.69, 9.17) is 5.11 Å². The number of hydrogen-bond donors (Lipinski definition) is 3. The Balaban J connectivity index is 2.81. The van der Waals surface area contributed by atoms with Crippen LogP contribution in [0.15, 0.2) is 33.7 Å². The Kier molecular flexibility index (Phi) is 6.22. The van der Waals surface area contributed by atoms with Crippen molar-refractivity contribution in [1.82, 2.24) is 5.32 Å². The standard InChI is InChI=1S/C13H14Br2N2O3/c1-3-4-10(12(18)19)16-13(20)17-11-8(14)5-7(2)6-9(11)15/h3,5-6,10H,1,4H2,2H3,(H,18,19)(H2,16,17,20). The van der Waals surface area contributed by atoms with Crippen LogP contribution in [0.25, 0.3) is 0 Å². The highest BCUT2D eigenvalue weighted by Gasteiger charge is 2.19. The SMILES string of the molecule is C=CCC(NC(=O)Nc1c(Br)cc(C)cc1Br)C(=O)O. The van der Waals surface area contributed by atoms with Crippen LogP contribution in [0.3, 0.4) is 0 Å². The van der Waals surface area contributed by atoms with Crippen molar-refractivity contribution in [3.8, 4) is 0 Å². The van der Waals surface area contributed by atoms with Crippen LogP contribution in [-0.2, 0) is 4.79 Å². The fourth-order valence-corrected chi connectivity index (χ4v) is 3.13. The first-order valence-electron chi connectivity index (χ1n) is 5.72. The van der Waals surface area contributed by atoms with Gasteiger partial charge < -0.3 is 15.7 Å². The summed E-state index contributed by atoms with van der Waals surface area (Å²) in [5.41, 5.74) is 1.56. The van der Waals surface area contributed by atoms with Crippen molar-refractivity contribution in [1.29, 1.82) is 0 Å². The number of carbonyl (C=O) groups is 2. The van der Waals surface area contributed by atoms with Crippen molar-refractivity contribution in [3.63, 3.8) is 0 Å². The van der Waals surface area contributed by atoms with Crippen molar-refractivity contribution >= 4 is 49.5 Å². The van der Waals surface area contributed by atoms with Crippen molar-refractivity contribution in [2.75, 3.05) is 5.32 Å². The zero-order valence-corrected chi connectivity index (χ0v) is 13.9. The van der Waals surface area contributed by atoms with Gasteiger partial charge in [0.1, 0.15) is 6.04 Å². The predicted octanol–water partition coefficient (Wildman–Crippen LogP) is 3.67. The lowest BCUT2D eigenvalue weighted by Crippen LogP contribution is -2.42. The Hall–Kier alpha value is -1.34. The lowest BCUT2D eigenvalue weighted by atomic mass is 10.2. The van der Waals surface area contributed by atoms with Gasteiger partial charge in [0, 0.05) is 8.95 Å². The largest absolute Gasteiger partial charge is 0.480 e. The fraction of sp³-hybridized carbons (Fsp3) is 0.231. The average molecular weight is 406 g/mol. The molecular formula is C13H14Br2N2O3. The number of halogens is 2. The number of carbonyl (C=O) groups excluding carboxylic acids is 1. The van der Waals surface area contributed by atoms with E-state index < -0.39 is 18.0 Å². The minimum Gasteiger partial charge on any atom is -0.480 e. The maximum absolute atomic E-state index is 11.8. The van der Waals surface area contributed by atoms with Gasteiger partial charge >= 0.3 is 12.0 Å². The molecule has 1 atom stereocenters. The van der Waals surface area contributed by atoms with Gasteiger partial charge in [0.15, 0.2) is 0 Å². The zero-order valence-electron chi connectivity index (χ0n) is 10.7. The van der Waals surface area contributed by atoms with Gasteiger partial charge in [-0.25, -0.2) is 9.59 Å². The van der Waals surface area contributed by atoms with Crippen molar-refractivity contribution in [3.05, 3.63) is 39.3 Å². The molecule has 0 aliphatic heterocycles. The minimum atomic E-state index is -1.11. The van der Waals surface area contributed by atoms with E-state index in [2.05, 4.69) is 49.1 Å². The molecule has 1 rings (SSSR count). The molecule has 0 saturated heterocycles. The van der Waals surface area contributed by atoms with Gasteiger partial charge in [-0.3, -0.25) is 0 Å². The topological polar surface area (TPSA) is 78.4 Å². The summed E-state index contributed by atoms with van der Waals surface area (Å²) in [7, 11) is 0. The Bertz CT molecular complexity index is 523. The highest BCUT2D eigenvalue weighted by molar-refractivity contribution is 9.11. The third kappa shape index (κ3) is 4.64. The summed E-state index contributed by atoms with van der Waals surface area (Å²) in [6.45, 7) is 5.38. The Morgan fingerprint density at radius 1 is 1.40 bits per heavy atom. The molecule has 0 radical (unpaired) electrons. The number of hydrogen-bond acceptors (Lipinski definition) is 2. The molecule has 20 heavy (non-hydrogen) atoms. The molecule has 3 N–H and O–H groups in total. The lowest BCUT2D eigenvalue weighted by Gasteiger charge is -2.15. The third-order valence-corrected chi connectivity index (χ3v) is 3.68. The molecule has 0 heterocycles. The molecule has 2 amide bonds. The molecule has 108 valence electrons. The Morgan fingerprint density at radius 2 is 1.95 bits per heavy atom. The lowest BCUT2D eigenvalue weighted by molar-refractivity contribution is -0.139. The number of benzene rings is 1. The summed E-state index contributed by atoms with van der Waals surface area (Å²) < 4.78 is 1.41. The Labute approximate surface area is 133 Å². The van der Waals surface area contributed by atoms with Crippen LogP contribution in [0.2, 0.25) is 0 Å². The molecule has 1 aromatic carbocycles. The summed E-state index contributed by atoms with van der Waals surface area (Å²) >= 11 is 6.69. The first kappa shape index (κ1) is 16.7. The van der Waals surface area contributed by atoms with Crippen LogP contribution in [0.4, 0.5) is 10.5 Å². The number of aliphatic carboxylic acids is 1. The molecule has 1 unspecified atom stereocenters. The molecule has 5 nitrogen and oxygen atoms in total. The van der Waals surface area contributed by atoms with Gasteiger partial charge in [0.05, 0.1) is 5.69 Å². The van der Waals surface area contributed by atoms with Gasteiger partial charge in [-0.1, -0.05) is 6.08 Å². The van der Waals surface area contributed by atoms with Gasteiger partial charge in [-0.2, -0.15) is 0 Å².